The maximum absolute atomic E-state index is 12.3. The Hall–Kier alpha value is -2.86. The monoisotopic (exact) mass is 439 g/mol. The van der Waals surface area contributed by atoms with Crippen molar-refractivity contribution in [2.75, 3.05) is 10.6 Å². The van der Waals surface area contributed by atoms with E-state index >= 15 is 0 Å². The van der Waals surface area contributed by atoms with E-state index in [0.717, 1.165) is 22.1 Å². The van der Waals surface area contributed by atoms with Gasteiger partial charge in [0.2, 0.25) is 0 Å². The summed E-state index contributed by atoms with van der Waals surface area (Å²) in [5.41, 5.74) is 3.82. The Kier molecular flexibility index (Phi) is 5.81. The summed E-state index contributed by atoms with van der Waals surface area (Å²) in [7, 11) is 0. The van der Waals surface area contributed by atoms with Crippen LogP contribution in [0.2, 0.25) is 10.0 Å². The van der Waals surface area contributed by atoms with Gasteiger partial charge >= 0.3 is 0 Å². The minimum atomic E-state index is -0.208. The second-order valence-corrected chi connectivity index (χ2v) is 7.89. The maximum Gasteiger partial charge on any atom is 0.255 e. The maximum atomic E-state index is 12.3. The number of para-hydroxylation sites is 1. The van der Waals surface area contributed by atoms with Gasteiger partial charge in [0.25, 0.3) is 5.91 Å². The van der Waals surface area contributed by atoms with Crippen LogP contribution in [0.1, 0.15) is 10.4 Å². The number of carbonyl (C=O) groups is 1. The van der Waals surface area contributed by atoms with Crippen LogP contribution in [0.3, 0.4) is 0 Å². The number of amides is 1. The molecule has 1 amide bonds. The zero-order chi connectivity index (χ0) is 20.2. The van der Waals surface area contributed by atoms with Crippen LogP contribution in [0.25, 0.3) is 11.3 Å². The lowest BCUT2D eigenvalue weighted by molar-refractivity contribution is 0.102. The van der Waals surface area contributed by atoms with Gasteiger partial charge in [0.1, 0.15) is 0 Å². The summed E-state index contributed by atoms with van der Waals surface area (Å²) in [4.78, 5) is 16.9. The predicted octanol–water partition coefficient (Wildman–Crippen LogP) is 7.11. The van der Waals surface area contributed by atoms with Crippen LogP contribution in [0.5, 0.6) is 0 Å². The Morgan fingerprint density at radius 1 is 0.931 bits per heavy atom. The highest BCUT2D eigenvalue weighted by Crippen LogP contribution is 2.30. The lowest BCUT2D eigenvalue weighted by Gasteiger charge is -2.06. The molecule has 0 atom stereocenters. The second kappa shape index (κ2) is 8.66. The molecule has 3 aromatic carbocycles. The highest BCUT2D eigenvalue weighted by molar-refractivity contribution is 7.14. The van der Waals surface area contributed by atoms with Crippen LogP contribution in [0.15, 0.2) is 78.2 Å². The molecule has 4 aromatic rings. The van der Waals surface area contributed by atoms with Crippen molar-refractivity contribution in [2.24, 2.45) is 0 Å². The SMILES string of the molecule is O=C(Nc1ccc(-c2csc(Nc3ccccc3Cl)n2)cc1)c1cccc(Cl)c1. The molecular formula is C22H15Cl2N3OS. The van der Waals surface area contributed by atoms with E-state index in [1.165, 1.54) is 11.3 Å². The van der Waals surface area contributed by atoms with E-state index in [1.807, 2.05) is 53.9 Å². The third-order valence-electron chi connectivity index (χ3n) is 4.14. The molecule has 144 valence electrons. The van der Waals surface area contributed by atoms with Gasteiger partial charge in [0.15, 0.2) is 5.13 Å². The molecule has 29 heavy (non-hydrogen) atoms. The molecule has 0 fully saturated rings. The van der Waals surface area contributed by atoms with Gasteiger partial charge in [-0.3, -0.25) is 4.79 Å². The van der Waals surface area contributed by atoms with Gasteiger partial charge in [-0.25, -0.2) is 4.98 Å². The highest BCUT2D eigenvalue weighted by Gasteiger charge is 2.09. The quantitative estimate of drug-likeness (QED) is 0.348. The summed E-state index contributed by atoms with van der Waals surface area (Å²) < 4.78 is 0. The topological polar surface area (TPSA) is 54.0 Å². The van der Waals surface area contributed by atoms with Crippen LogP contribution < -0.4 is 10.6 Å². The van der Waals surface area contributed by atoms with Crippen molar-refractivity contribution in [3.63, 3.8) is 0 Å². The van der Waals surface area contributed by atoms with Gasteiger partial charge in [-0.2, -0.15) is 0 Å². The highest BCUT2D eigenvalue weighted by atomic mass is 35.5. The van der Waals surface area contributed by atoms with Crippen LogP contribution in [-0.4, -0.2) is 10.9 Å². The van der Waals surface area contributed by atoms with Crippen LogP contribution in [0.4, 0.5) is 16.5 Å². The molecule has 0 spiro atoms. The number of hydrogen-bond acceptors (Lipinski definition) is 4. The minimum absolute atomic E-state index is 0.208. The Bertz CT molecular complexity index is 1160. The van der Waals surface area contributed by atoms with Gasteiger partial charge in [-0.1, -0.05) is 53.5 Å². The van der Waals surface area contributed by atoms with Crippen molar-refractivity contribution in [2.45, 2.75) is 0 Å². The summed E-state index contributed by atoms with van der Waals surface area (Å²) in [6, 6.07) is 21.9. The van der Waals surface area contributed by atoms with Gasteiger partial charge in [0, 0.05) is 27.2 Å². The van der Waals surface area contributed by atoms with Crippen molar-refractivity contribution in [3.05, 3.63) is 93.8 Å². The summed E-state index contributed by atoms with van der Waals surface area (Å²) in [5.74, 6) is -0.208. The smallest absolute Gasteiger partial charge is 0.255 e. The molecule has 0 saturated heterocycles. The van der Waals surface area contributed by atoms with E-state index in [2.05, 4.69) is 15.6 Å². The van der Waals surface area contributed by atoms with E-state index < -0.39 is 0 Å². The Balaban J connectivity index is 1.45. The first kappa shape index (κ1) is 19.5. The van der Waals surface area contributed by atoms with Gasteiger partial charge in [0.05, 0.1) is 16.4 Å². The van der Waals surface area contributed by atoms with Crippen molar-refractivity contribution < 1.29 is 4.79 Å². The molecule has 4 rings (SSSR count). The largest absolute Gasteiger partial charge is 0.330 e. The molecule has 1 heterocycles. The lowest BCUT2D eigenvalue weighted by atomic mass is 10.1. The van der Waals surface area contributed by atoms with Crippen LogP contribution in [-0.2, 0) is 0 Å². The first-order valence-corrected chi connectivity index (χ1v) is 10.4. The first-order valence-electron chi connectivity index (χ1n) is 8.73. The van der Waals surface area contributed by atoms with Gasteiger partial charge < -0.3 is 10.6 Å². The molecule has 0 radical (unpaired) electrons. The lowest BCUT2D eigenvalue weighted by Crippen LogP contribution is -2.11. The van der Waals surface area contributed by atoms with Gasteiger partial charge in [-0.05, 0) is 42.5 Å². The van der Waals surface area contributed by atoms with Crippen molar-refractivity contribution in [1.29, 1.82) is 0 Å². The van der Waals surface area contributed by atoms with E-state index in [4.69, 9.17) is 23.2 Å². The van der Waals surface area contributed by atoms with E-state index in [9.17, 15) is 4.79 Å². The zero-order valence-electron chi connectivity index (χ0n) is 15.0. The number of aromatic nitrogens is 1. The Morgan fingerprint density at radius 3 is 2.48 bits per heavy atom. The summed E-state index contributed by atoms with van der Waals surface area (Å²) in [6.07, 6.45) is 0. The molecular weight excluding hydrogens is 425 g/mol. The number of nitrogens with zero attached hydrogens (tertiary/aromatic N) is 1. The van der Waals surface area contributed by atoms with Gasteiger partial charge in [-0.15, -0.1) is 11.3 Å². The fourth-order valence-corrected chi connectivity index (χ4v) is 3.80. The third kappa shape index (κ3) is 4.77. The number of halogens is 2. The number of nitrogens with one attached hydrogen (secondary N) is 2. The third-order valence-corrected chi connectivity index (χ3v) is 5.47. The molecule has 4 nitrogen and oxygen atoms in total. The average molecular weight is 440 g/mol. The van der Waals surface area contributed by atoms with E-state index in [0.29, 0.717) is 21.3 Å². The molecule has 0 saturated carbocycles. The second-order valence-electron chi connectivity index (χ2n) is 6.18. The molecule has 2 N–H and O–H groups in total. The number of carbonyl (C=O) groups excluding carboxylic acids is 1. The summed E-state index contributed by atoms with van der Waals surface area (Å²) >= 11 is 13.6. The fraction of sp³-hybridized carbons (Fsp3) is 0. The Labute approximate surface area is 182 Å². The number of rotatable bonds is 5. The van der Waals surface area contributed by atoms with Crippen molar-refractivity contribution in [3.8, 4) is 11.3 Å². The molecule has 1 aromatic heterocycles. The van der Waals surface area contributed by atoms with Crippen LogP contribution in [0, 0.1) is 0 Å². The molecule has 0 unspecified atom stereocenters. The predicted molar refractivity (Wildman–Crippen MR) is 122 cm³/mol. The Morgan fingerprint density at radius 2 is 1.72 bits per heavy atom. The van der Waals surface area contributed by atoms with Crippen molar-refractivity contribution in [1.82, 2.24) is 4.98 Å². The number of benzene rings is 3. The number of anilines is 3. The fourth-order valence-electron chi connectivity index (χ4n) is 2.70. The minimum Gasteiger partial charge on any atom is -0.330 e. The normalized spacial score (nSPS) is 10.6. The molecule has 7 heteroatoms. The summed E-state index contributed by atoms with van der Waals surface area (Å²) in [5, 5.41) is 9.99. The molecule has 0 bridgehead atoms. The van der Waals surface area contributed by atoms with Crippen molar-refractivity contribution >= 4 is 57.0 Å². The summed E-state index contributed by atoms with van der Waals surface area (Å²) in [6.45, 7) is 0. The zero-order valence-corrected chi connectivity index (χ0v) is 17.4. The number of hydrogen-bond donors (Lipinski definition) is 2. The van der Waals surface area contributed by atoms with E-state index in [1.54, 1.807) is 24.3 Å². The molecule has 0 aliphatic rings. The standard InChI is InChI=1S/C22H15Cl2N3OS/c23-16-5-3-4-15(12-16)21(28)25-17-10-8-14(9-11-17)20-13-29-22(27-20)26-19-7-2-1-6-18(19)24/h1-13H,(H,25,28)(H,26,27). The number of thiazole rings is 1. The van der Waals surface area contributed by atoms with Crippen LogP contribution >= 0.6 is 34.5 Å². The molecule has 0 aliphatic heterocycles. The molecule has 0 aliphatic carbocycles. The first-order chi connectivity index (χ1) is 14.1. The van der Waals surface area contributed by atoms with E-state index in [-0.39, 0.29) is 5.91 Å². The average Bonchev–Trinajstić information content (AvgIpc) is 3.19.